The van der Waals surface area contributed by atoms with Crippen molar-refractivity contribution in [1.29, 1.82) is 5.41 Å². The molecule has 0 rings (SSSR count). The van der Waals surface area contributed by atoms with Gasteiger partial charge < -0.3 is 5.41 Å². The number of hydrogen-bond donors (Lipinski definition) is 1. The summed E-state index contributed by atoms with van der Waals surface area (Å²) >= 11 is 3.83. The smallest absolute Gasteiger partial charge is 0.0187 e. The molecule has 0 atom stereocenters. The first-order valence-corrected chi connectivity index (χ1v) is 1.22. The van der Waals surface area contributed by atoms with Crippen molar-refractivity contribution in [3.63, 3.8) is 0 Å². The van der Waals surface area contributed by atoms with Crippen LogP contribution in [0.4, 0.5) is 0 Å². The fourth-order valence-corrected chi connectivity index (χ4v) is 0. The normalized spacial score (nSPS) is 2.00. The number of hydrogen-bond acceptors (Lipinski definition) is 2. The van der Waals surface area contributed by atoms with Crippen LogP contribution in [0.15, 0.2) is 0 Å². The van der Waals surface area contributed by atoms with Gasteiger partial charge in [0, 0.05) is 0 Å². The fraction of sp³-hybridized carbons (Fsp3) is 0. The molecule has 0 spiro atoms. The predicted molar refractivity (Wildman–Crippen MR) is 24.6 cm³/mol. The maximum absolute atomic E-state index is 5.50. The maximum atomic E-state index is 5.50. The van der Waals surface area contributed by atoms with Gasteiger partial charge in [-0.15, -0.1) is 0 Å². The average molecular weight is 75.1 g/mol. The van der Waals surface area contributed by atoms with E-state index in [-0.39, 0.29) is 0 Å². The van der Waals surface area contributed by atoms with Gasteiger partial charge in [-0.05, 0) is 12.6 Å². The molecule has 1 nitrogen and oxygen atoms in total. The molecule has 0 aliphatic carbocycles. The fourth-order valence-electron chi connectivity index (χ4n) is 0. The molecule has 1 N–H and O–H groups in total. The Hall–Kier alpha value is -0.240. The van der Waals surface area contributed by atoms with E-state index < -0.39 is 0 Å². The summed E-state index contributed by atoms with van der Waals surface area (Å²) in [6.45, 7) is 2.50. The first-order chi connectivity index (χ1) is 2.00. The summed E-state index contributed by atoms with van der Waals surface area (Å²) in [4.78, 5) is 0. The highest BCUT2D eigenvalue weighted by Gasteiger charge is 0.642. The van der Waals surface area contributed by atoms with Gasteiger partial charge in [-0.1, -0.05) is 12.2 Å². The summed E-state index contributed by atoms with van der Waals surface area (Å²) in [5.74, 6) is 2.83. The summed E-state index contributed by atoms with van der Waals surface area (Å²) < 4.78 is 0. The molecule has 0 fully saturated rings. The van der Waals surface area contributed by atoms with Crippen molar-refractivity contribution >= 4 is 24.8 Å². The van der Waals surface area contributed by atoms with E-state index in [9.17, 15) is 0 Å². The van der Waals surface area contributed by atoms with E-state index in [1.54, 1.807) is 0 Å². The first-order valence-electron chi connectivity index (χ1n) is 0.642. The predicted octanol–water partition coefficient (Wildman–Crippen LogP) is 0.882. The third-order valence-electron chi connectivity index (χ3n) is 0. The SMILES string of the molecule is C=N.C=S. The zero-order chi connectivity index (χ0) is 4.00. The molecule has 0 amide bonds. The van der Waals surface area contributed by atoms with E-state index in [4.69, 9.17) is 5.41 Å². The van der Waals surface area contributed by atoms with E-state index in [0.29, 0.717) is 0 Å². The second kappa shape index (κ2) is 148. The van der Waals surface area contributed by atoms with Crippen LogP contribution in [0.25, 0.3) is 0 Å². The van der Waals surface area contributed by atoms with Crippen LogP contribution in [0.2, 0.25) is 0 Å². The maximum Gasteiger partial charge on any atom is -0.0187 e. The molecule has 2 heteroatoms. The standard InChI is InChI=1S/CH3N.CH2S/c2*1-2/h2H,1H2;1H2. The van der Waals surface area contributed by atoms with Gasteiger partial charge >= 0.3 is 0 Å². The lowest BCUT2D eigenvalue weighted by Crippen LogP contribution is -0.827. The molecule has 0 aliphatic heterocycles. The van der Waals surface area contributed by atoms with Gasteiger partial charge in [-0.2, -0.15) is 0 Å². The molecule has 0 aliphatic rings. The Morgan fingerprint density at radius 1 is 1.25 bits per heavy atom. The van der Waals surface area contributed by atoms with Crippen LogP contribution in [0.5, 0.6) is 0 Å². The molecule has 0 radical (unpaired) electrons. The van der Waals surface area contributed by atoms with Gasteiger partial charge in [0.05, 0.1) is 0 Å². The van der Waals surface area contributed by atoms with Crippen molar-refractivity contribution in [2.75, 3.05) is 0 Å². The lowest BCUT2D eigenvalue weighted by Gasteiger charge is -0.890. The van der Waals surface area contributed by atoms with Crippen molar-refractivity contribution in [3.05, 3.63) is 0 Å². The summed E-state index contributed by atoms with van der Waals surface area (Å²) in [7, 11) is 0. The molecule has 0 aromatic rings. The van der Waals surface area contributed by atoms with Crippen LogP contribution in [-0.4, -0.2) is 12.6 Å². The molecule has 0 saturated carbocycles. The van der Waals surface area contributed by atoms with Gasteiger partial charge in [0.15, 0.2) is 0 Å². The summed E-state index contributed by atoms with van der Waals surface area (Å²) in [6, 6.07) is 0. The van der Waals surface area contributed by atoms with Crippen LogP contribution in [-0.2, 0) is 0 Å². The molecule has 0 unspecified atom stereocenters. The molecule has 0 aromatic carbocycles. The van der Waals surface area contributed by atoms with E-state index in [2.05, 4.69) is 24.8 Å². The lowest BCUT2D eigenvalue weighted by atomic mass is 11.8. The highest BCUT2D eigenvalue weighted by atomic mass is 32.1. The van der Waals surface area contributed by atoms with Gasteiger partial charge in [-0.3, -0.25) is 0 Å². The Bertz CT molecular complexity index is 8.00. The molecular formula is C2H5NS. The van der Waals surface area contributed by atoms with E-state index in [1.807, 2.05) is 0 Å². The Kier molecular flexibility index (Phi) is 343. The van der Waals surface area contributed by atoms with Gasteiger partial charge in [-0.25, -0.2) is 0 Å². The number of thiocarbonyl (C=S) groups is 1. The molecule has 4 heavy (non-hydrogen) atoms. The first kappa shape index (κ1) is 9.25. The molecule has 0 bridgehead atoms. The minimum Gasteiger partial charge on any atom is -0.317 e. The summed E-state index contributed by atoms with van der Waals surface area (Å²) in [5.41, 5.74) is 0. The van der Waals surface area contributed by atoms with E-state index in [0.717, 1.165) is 0 Å². The van der Waals surface area contributed by atoms with Crippen LogP contribution in [0.3, 0.4) is 0 Å². The average Bonchev–Trinajstić information content (AvgIpc) is 1.50. The van der Waals surface area contributed by atoms with Crippen molar-refractivity contribution in [2.24, 2.45) is 0 Å². The molecular weight excluding hydrogens is 70.1 g/mol. The molecule has 0 saturated heterocycles. The Morgan fingerprint density at radius 2 is 1.25 bits per heavy atom. The zero-order valence-electron chi connectivity index (χ0n) is 2.32. The molecule has 0 heterocycles. The van der Waals surface area contributed by atoms with Gasteiger partial charge in [0.1, 0.15) is 0 Å². The summed E-state index contributed by atoms with van der Waals surface area (Å²) in [6.07, 6.45) is 0. The number of nitrogens with one attached hydrogen (secondary N) is 1. The van der Waals surface area contributed by atoms with Crippen molar-refractivity contribution in [1.82, 2.24) is 0 Å². The lowest BCUT2D eigenvalue weighted by molar-refractivity contribution is 1.61. The monoisotopic (exact) mass is 75.0 g/mol. The Morgan fingerprint density at radius 3 is 1.25 bits per heavy atom. The zero-order valence-corrected chi connectivity index (χ0v) is 3.14. The molecule has 0 aromatic heterocycles. The highest BCUT2D eigenvalue weighted by Crippen LogP contribution is 1.03. The summed E-state index contributed by atoms with van der Waals surface area (Å²) in [5, 5.41) is 5.50. The highest BCUT2D eigenvalue weighted by molar-refractivity contribution is 7.77. The van der Waals surface area contributed by atoms with Gasteiger partial charge in [0.25, 0.3) is 0 Å². The van der Waals surface area contributed by atoms with Crippen molar-refractivity contribution in [3.8, 4) is 0 Å². The third-order valence-corrected chi connectivity index (χ3v) is 0. The van der Waals surface area contributed by atoms with E-state index >= 15 is 0 Å². The van der Waals surface area contributed by atoms with Crippen LogP contribution in [0, 0.1) is 5.41 Å². The van der Waals surface area contributed by atoms with Crippen LogP contribution >= 0.6 is 12.2 Å². The minimum absolute atomic E-state index is 2.50. The minimum atomic E-state index is 2.50. The quantitative estimate of drug-likeness (QED) is 0.335. The topological polar surface area (TPSA) is 23.9 Å². The molecule has 24 valence electrons. The van der Waals surface area contributed by atoms with Crippen LogP contribution in [0.1, 0.15) is 0 Å². The van der Waals surface area contributed by atoms with Crippen molar-refractivity contribution < 1.29 is 0 Å². The largest absolute Gasteiger partial charge is 0.317 e. The second-order valence-electron chi connectivity index (χ2n) is 0. The van der Waals surface area contributed by atoms with Crippen molar-refractivity contribution in [2.45, 2.75) is 0 Å². The second-order valence-corrected chi connectivity index (χ2v) is 0. The van der Waals surface area contributed by atoms with Gasteiger partial charge in [0.2, 0.25) is 0 Å². The number of rotatable bonds is 0. The Balaban J connectivity index is 0. The van der Waals surface area contributed by atoms with E-state index in [1.165, 1.54) is 0 Å². The van der Waals surface area contributed by atoms with Crippen LogP contribution < -0.4 is 0 Å². The third kappa shape index (κ3) is 17.6. The Labute approximate surface area is 31.2 Å².